The van der Waals surface area contributed by atoms with Gasteiger partial charge in [0, 0.05) is 17.7 Å². The van der Waals surface area contributed by atoms with E-state index < -0.39 is 0 Å². The molecule has 0 aromatic heterocycles. The summed E-state index contributed by atoms with van der Waals surface area (Å²) in [5.41, 5.74) is 12.2. The topological polar surface area (TPSA) is 38.0 Å². The minimum Gasteiger partial charge on any atom is -0.396 e. The molecule has 0 bridgehead atoms. The molecule has 3 aromatic rings. The van der Waals surface area contributed by atoms with Crippen molar-refractivity contribution in [3.63, 3.8) is 0 Å². The predicted octanol–water partition coefficient (Wildman–Crippen LogP) is 4.46. The molecule has 0 amide bonds. The smallest absolute Gasteiger partial charge is 0.110 e. The first-order valence-corrected chi connectivity index (χ1v) is 8.64. The number of benzene rings is 3. The van der Waals surface area contributed by atoms with Crippen LogP contribution in [0.4, 0.5) is 0 Å². The van der Waals surface area contributed by atoms with Gasteiger partial charge in [-0.3, -0.25) is 0 Å². The first kappa shape index (κ1) is 17.4. The summed E-state index contributed by atoms with van der Waals surface area (Å²) in [6, 6.07) is 28.3. The van der Waals surface area contributed by atoms with Gasteiger partial charge in [-0.05, 0) is 30.5 Å². The standard InChI is InChI=1S/C24H22N2/c1-19-12-14-21(15-13-19)18-26-23(17-16-20-8-4-2-5-9-20)24(25)22-10-6-3-7-11-22/h2-15,26H,18,25H2,1H3/b24-23-. The molecular formula is C24H22N2. The molecule has 0 fully saturated rings. The predicted molar refractivity (Wildman–Crippen MR) is 109 cm³/mol. The van der Waals surface area contributed by atoms with Crippen LogP contribution in [-0.4, -0.2) is 0 Å². The Morgan fingerprint density at radius 2 is 1.46 bits per heavy atom. The fourth-order valence-electron chi connectivity index (χ4n) is 2.52. The van der Waals surface area contributed by atoms with E-state index in [1.807, 2.05) is 60.7 Å². The minimum atomic E-state index is 0.654. The summed E-state index contributed by atoms with van der Waals surface area (Å²) in [5, 5.41) is 3.41. The molecule has 0 spiro atoms. The van der Waals surface area contributed by atoms with Crippen LogP contribution in [0.5, 0.6) is 0 Å². The van der Waals surface area contributed by atoms with Crippen LogP contribution in [0.25, 0.3) is 5.70 Å². The van der Waals surface area contributed by atoms with Gasteiger partial charge < -0.3 is 11.1 Å². The Morgan fingerprint density at radius 3 is 2.12 bits per heavy atom. The maximum absolute atomic E-state index is 6.41. The Balaban J connectivity index is 1.88. The zero-order valence-electron chi connectivity index (χ0n) is 14.9. The SMILES string of the molecule is Cc1ccc(CN/C(C#Cc2ccccc2)=C(\N)c2ccccc2)cc1. The fourth-order valence-corrected chi connectivity index (χ4v) is 2.52. The molecule has 26 heavy (non-hydrogen) atoms. The van der Waals surface area contributed by atoms with Crippen molar-refractivity contribution < 1.29 is 0 Å². The molecule has 0 heterocycles. The van der Waals surface area contributed by atoms with Crippen LogP contribution in [-0.2, 0) is 6.54 Å². The maximum atomic E-state index is 6.41. The Labute approximate surface area is 155 Å². The first-order chi connectivity index (χ1) is 12.7. The van der Waals surface area contributed by atoms with Crippen molar-refractivity contribution >= 4 is 5.70 Å². The van der Waals surface area contributed by atoms with Crippen LogP contribution in [0.2, 0.25) is 0 Å². The summed E-state index contributed by atoms with van der Waals surface area (Å²) in [5.74, 6) is 6.40. The zero-order chi connectivity index (χ0) is 18.2. The monoisotopic (exact) mass is 338 g/mol. The molecule has 2 heteroatoms. The average Bonchev–Trinajstić information content (AvgIpc) is 2.70. The molecule has 3 aromatic carbocycles. The van der Waals surface area contributed by atoms with Crippen LogP contribution in [0, 0.1) is 18.8 Å². The fraction of sp³-hybridized carbons (Fsp3) is 0.0833. The van der Waals surface area contributed by atoms with E-state index in [0.29, 0.717) is 12.2 Å². The van der Waals surface area contributed by atoms with Crippen molar-refractivity contribution in [1.82, 2.24) is 5.32 Å². The zero-order valence-corrected chi connectivity index (χ0v) is 14.9. The molecule has 0 unspecified atom stereocenters. The summed E-state index contributed by atoms with van der Waals surface area (Å²) in [6.07, 6.45) is 0. The summed E-state index contributed by atoms with van der Waals surface area (Å²) in [7, 11) is 0. The lowest BCUT2D eigenvalue weighted by Gasteiger charge is -2.10. The molecule has 0 saturated carbocycles. The molecule has 3 rings (SSSR count). The van der Waals surface area contributed by atoms with Gasteiger partial charge >= 0.3 is 0 Å². The lowest BCUT2D eigenvalue weighted by atomic mass is 10.1. The van der Waals surface area contributed by atoms with E-state index in [-0.39, 0.29) is 0 Å². The third-order valence-electron chi connectivity index (χ3n) is 4.05. The van der Waals surface area contributed by atoms with Gasteiger partial charge in [-0.2, -0.15) is 0 Å². The van der Waals surface area contributed by atoms with Gasteiger partial charge in [-0.25, -0.2) is 0 Å². The van der Waals surface area contributed by atoms with Crippen LogP contribution in [0.3, 0.4) is 0 Å². The van der Waals surface area contributed by atoms with Crippen LogP contribution < -0.4 is 11.1 Å². The summed E-state index contributed by atoms with van der Waals surface area (Å²) >= 11 is 0. The van der Waals surface area contributed by atoms with E-state index in [1.54, 1.807) is 0 Å². The number of hydrogen-bond donors (Lipinski definition) is 2. The number of rotatable bonds is 4. The second-order valence-corrected chi connectivity index (χ2v) is 6.11. The Bertz CT molecular complexity index is 928. The van der Waals surface area contributed by atoms with Crippen molar-refractivity contribution in [2.45, 2.75) is 13.5 Å². The van der Waals surface area contributed by atoms with E-state index in [9.17, 15) is 0 Å². The highest BCUT2D eigenvalue weighted by atomic mass is 14.9. The molecule has 0 radical (unpaired) electrons. The normalized spacial score (nSPS) is 11.1. The van der Waals surface area contributed by atoms with Crippen LogP contribution >= 0.6 is 0 Å². The average molecular weight is 338 g/mol. The highest BCUT2D eigenvalue weighted by molar-refractivity contribution is 5.69. The molecule has 0 aliphatic heterocycles. The number of allylic oxidation sites excluding steroid dienone is 1. The third kappa shape index (κ3) is 4.78. The minimum absolute atomic E-state index is 0.654. The molecule has 0 aliphatic carbocycles. The molecule has 128 valence electrons. The molecule has 0 saturated heterocycles. The first-order valence-electron chi connectivity index (χ1n) is 8.64. The van der Waals surface area contributed by atoms with Gasteiger partial charge in [-0.15, -0.1) is 0 Å². The van der Waals surface area contributed by atoms with Gasteiger partial charge in [-0.1, -0.05) is 84.3 Å². The van der Waals surface area contributed by atoms with Crippen molar-refractivity contribution in [2.75, 3.05) is 0 Å². The van der Waals surface area contributed by atoms with E-state index >= 15 is 0 Å². The number of aryl methyl sites for hydroxylation is 1. The Kier molecular flexibility index (Phi) is 5.75. The molecule has 0 atom stereocenters. The molecule has 2 nitrogen and oxygen atoms in total. The van der Waals surface area contributed by atoms with Gasteiger partial charge in [0.25, 0.3) is 0 Å². The number of hydrogen-bond acceptors (Lipinski definition) is 2. The quantitative estimate of drug-likeness (QED) is 0.689. The van der Waals surface area contributed by atoms with Gasteiger partial charge in [0.05, 0.1) is 5.70 Å². The van der Waals surface area contributed by atoms with E-state index in [0.717, 1.165) is 16.8 Å². The Hall–Kier alpha value is -3.44. The van der Waals surface area contributed by atoms with E-state index in [4.69, 9.17) is 5.73 Å². The Morgan fingerprint density at radius 1 is 0.846 bits per heavy atom. The highest BCUT2D eigenvalue weighted by Gasteiger charge is 2.04. The van der Waals surface area contributed by atoms with E-state index in [2.05, 4.69) is 48.3 Å². The van der Waals surface area contributed by atoms with E-state index in [1.165, 1.54) is 11.1 Å². The van der Waals surface area contributed by atoms with Crippen LogP contribution in [0.1, 0.15) is 22.3 Å². The van der Waals surface area contributed by atoms with Crippen molar-refractivity contribution in [2.24, 2.45) is 5.73 Å². The highest BCUT2D eigenvalue weighted by Crippen LogP contribution is 2.12. The van der Waals surface area contributed by atoms with Gasteiger partial charge in [0.1, 0.15) is 5.70 Å². The second kappa shape index (κ2) is 8.60. The maximum Gasteiger partial charge on any atom is 0.110 e. The number of nitrogens with two attached hydrogens (primary N) is 1. The van der Waals surface area contributed by atoms with Crippen molar-refractivity contribution in [3.8, 4) is 11.8 Å². The van der Waals surface area contributed by atoms with Gasteiger partial charge in [0.2, 0.25) is 0 Å². The molecule has 0 aliphatic rings. The third-order valence-corrected chi connectivity index (χ3v) is 4.05. The van der Waals surface area contributed by atoms with Crippen LogP contribution in [0.15, 0.2) is 90.6 Å². The molecule has 3 N–H and O–H groups in total. The molecular weight excluding hydrogens is 316 g/mol. The van der Waals surface area contributed by atoms with Gasteiger partial charge in [0.15, 0.2) is 0 Å². The van der Waals surface area contributed by atoms with Crippen molar-refractivity contribution in [3.05, 3.63) is 113 Å². The summed E-state index contributed by atoms with van der Waals surface area (Å²) < 4.78 is 0. The summed E-state index contributed by atoms with van der Waals surface area (Å²) in [4.78, 5) is 0. The number of nitrogens with one attached hydrogen (secondary N) is 1. The summed E-state index contributed by atoms with van der Waals surface area (Å²) in [6.45, 7) is 2.76. The second-order valence-electron chi connectivity index (χ2n) is 6.11. The largest absolute Gasteiger partial charge is 0.396 e. The lowest BCUT2D eigenvalue weighted by Crippen LogP contribution is -2.16. The van der Waals surface area contributed by atoms with Crippen molar-refractivity contribution in [1.29, 1.82) is 0 Å². The lowest BCUT2D eigenvalue weighted by molar-refractivity contribution is 0.840.